The van der Waals surface area contributed by atoms with Gasteiger partial charge in [0.2, 0.25) is 12.3 Å². The van der Waals surface area contributed by atoms with E-state index < -0.39 is 12.3 Å². The molecule has 9 heteroatoms. The summed E-state index contributed by atoms with van der Waals surface area (Å²) in [4.78, 5) is 41.5. The Morgan fingerprint density at radius 1 is 0.846 bits per heavy atom. The fraction of sp³-hybridized carbons (Fsp3) is 0.800. The Labute approximate surface area is 237 Å². The van der Waals surface area contributed by atoms with Crippen molar-refractivity contribution in [3.63, 3.8) is 0 Å². The van der Waals surface area contributed by atoms with E-state index >= 15 is 0 Å². The summed E-state index contributed by atoms with van der Waals surface area (Å²) < 4.78 is 9.41. The number of unbranched alkanes of at least 4 members (excludes halogenated alkanes) is 13. The second-order valence-electron chi connectivity index (χ2n) is 9.39. The van der Waals surface area contributed by atoms with Gasteiger partial charge >= 0.3 is 0 Å². The minimum atomic E-state index is -0.424. The van der Waals surface area contributed by atoms with Gasteiger partial charge in [0.1, 0.15) is 24.9 Å². The summed E-state index contributed by atoms with van der Waals surface area (Å²) in [6.07, 6.45) is 23.6. The predicted octanol–water partition coefficient (Wildman–Crippen LogP) is 5.38. The molecule has 1 rings (SSSR count). The first-order valence-electron chi connectivity index (χ1n) is 14.7. The van der Waals surface area contributed by atoms with Crippen LogP contribution in [0.4, 0.5) is 0 Å². The van der Waals surface area contributed by atoms with Gasteiger partial charge in [-0.3, -0.25) is 9.59 Å². The van der Waals surface area contributed by atoms with Crippen molar-refractivity contribution in [1.82, 2.24) is 10.6 Å². The lowest BCUT2D eigenvalue weighted by Crippen LogP contribution is -2.33. The number of methoxy groups -OCH3 is 1. The molecule has 1 heterocycles. The van der Waals surface area contributed by atoms with Gasteiger partial charge in [0, 0.05) is 39.5 Å². The van der Waals surface area contributed by atoms with E-state index in [-0.39, 0.29) is 5.91 Å². The minimum absolute atomic E-state index is 0.354. The molecule has 0 bridgehead atoms. The molecule has 3 N–H and O–H groups in total. The summed E-state index contributed by atoms with van der Waals surface area (Å²) in [7, 11) is 3.25. The Morgan fingerprint density at radius 2 is 1.31 bits per heavy atom. The van der Waals surface area contributed by atoms with E-state index in [1.807, 2.05) is 0 Å². The first kappa shape index (κ1) is 41.4. The Bertz CT molecular complexity index is 557. The molecule has 0 aliphatic carbocycles. The zero-order valence-electron chi connectivity index (χ0n) is 25.2. The van der Waals surface area contributed by atoms with Crippen LogP contribution in [0.25, 0.3) is 0 Å². The largest absolute Gasteiger partial charge is 0.396 e. The van der Waals surface area contributed by atoms with E-state index in [0.29, 0.717) is 25.9 Å². The third-order valence-corrected chi connectivity index (χ3v) is 5.39. The van der Waals surface area contributed by atoms with Gasteiger partial charge < -0.3 is 34.8 Å². The number of aliphatic hydroxyl groups is 1. The van der Waals surface area contributed by atoms with Crippen molar-refractivity contribution in [2.75, 3.05) is 20.8 Å². The van der Waals surface area contributed by atoms with Gasteiger partial charge in [-0.2, -0.15) is 0 Å². The first-order valence-corrected chi connectivity index (χ1v) is 14.7. The molecular weight excluding hydrogens is 500 g/mol. The van der Waals surface area contributed by atoms with E-state index in [0.717, 1.165) is 31.8 Å². The average molecular weight is 559 g/mol. The van der Waals surface area contributed by atoms with Gasteiger partial charge in [0.25, 0.3) is 0 Å². The number of hydrogen-bond acceptors (Lipinski definition) is 7. The lowest BCUT2D eigenvalue weighted by Gasteiger charge is -2.10. The highest BCUT2D eigenvalue weighted by Crippen LogP contribution is 2.15. The summed E-state index contributed by atoms with van der Waals surface area (Å²) in [5, 5.41) is 13.4. The van der Waals surface area contributed by atoms with Crippen LogP contribution in [0.2, 0.25) is 0 Å². The molecule has 1 saturated heterocycles. The normalized spacial score (nSPS) is 15.5. The van der Waals surface area contributed by atoms with Crippen molar-refractivity contribution in [2.45, 2.75) is 135 Å². The summed E-state index contributed by atoms with van der Waals surface area (Å²) >= 11 is 0. The van der Waals surface area contributed by atoms with E-state index in [1.165, 1.54) is 89.3 Å². The lowest BCUT2D eigenvalue weighted by atomic mass is 10.0. The summed E-state index contributed by atoms with van der Waals surface area (Å²) in [5.74, 6) is -0.374. The van der Waals surface area contributed by atoms with E-state index in [4.69, 9.17) is 9.84 Å². The highest BCUT2D eigenvalue weighted by Gasteiger charge is 2.25. The molecule has 230 valence electrons. The molecule has 0 aromatic carbocycles. The van der Waals surface area contributed by atoms with Crippen LogP contribution in [-0.4, -0.2) is 63.2 Å². The van der Waals surface area contributed by atoms with Crippen LogP contribution in [0.3, 0.4) is 0 Å². The number of rotatable bonds is 20. The molecule has 1 aliphatic heterocycles. The van der Waals surface area contributed by atoms with Crippen molar-refractivity contribution in [3.8, 4) is 0 Å². The number of ether oxygens (including phenoxy) is 2. The topological polar surface area (TPSA) is 131 Å². The van der Waals surface area contributed by atoms with Crippen LogP contribution in [0, 0.1) is 0 Å². The van der Waals surface area contributed by atoms with Crippen LogP contribution < -0.4 is 10.6 Å². The molecule has 1 fully saturated rings. The lowest BCUT2D eigenvalue weighted by molar-refractivity contribution is -0.124. The van der Waals surface area contributed by atoms with Crippen molar-refractivity contribution >= 4 is 24.9 Å². The second kappa shape index (κ2) is 38.0. The Morgan fingerprint density at radius 3 is 1.69 bits per heavy atom. The molecule has 1 aliphatic rings. The fourth-order valence-corrected chi connectivity index (χ4v) is 3.52. The zero-order chi connectivity index (χ0) is 29.8. The van der Waals surface area contributed by atoms with Gasteiger partial charge in [-0.25, -0.2) is 0 Å². The molecule has 2 atom stereocenters. The highest BCUT2D eigenvalue weighted by atomic mass is 16.5. The SMILES string of the molecule is CCC.COC.O=CCCCCCCCCCCCCCCCO.O=CN/C=C\C(=O)NC1CCC(C=O)O1. The van der Waals surface area contributed by atoms with Gasteiger partial charge in [0.15, 0.2) is 0 Å². The van der Waals surface area contributed by atoms with Gasteiger partial charge in [0.05, 0.1) is 0 Å². The van der Waals surface area contributed by atoms with Crippen LogP contribution in [0.5, 0.6) is 0 Å². The maximum absolute atomic E-state index is 11.1. The van der Waals surface area contributed by atoms with E-state index in [1.54, 1.807) is 14.2 Å². The second-order valence-corrected chi connectivity index (χ2v) is 9.39. The molecule has 2 amide bonds. The number of carbonyl (C=O) groups excluding carboxylic acids is 4. The molecule has 0 radical (unpaired) electrons. The molecular formula is C30H58N2O7. The monoisotopic (exact) mass is 558 g/mol. The summed E-state index contributed by atoms with van der Waals surface area (Å²) in [5.41, 5.74) is 0. The third-order valence-electron chi connectivity index (χ3n) is 5.39. The Balaban J connectivity index is -0.000000556. The van der Waals surface area contributed by atoms with Crippen LogP contribution in [0.1, 0.15) is 123 Å². The van der Waals surface area contributed by atoms with Crippen molar-refractivity contribution in [3.05, 3.63) is 12.3 Å². The van der Waals surface area contributed by atoms with Crippen molar-refractivity contribution in [1.29, 1.82) is 0 Å². The molecule has 0 spiro atoms. The number of hydrogen-bond donors (Lipinski definition) is 3. The third kappa shape index (κ3) is 38.1. The minimum Gasteiger partial charge on any atom is -0.396 e. The summed E-state index contributed by atoms with van der Waals surface area (Å²) in [6, 6.07) is 0. The predicted molar refractivity (Wildman–Crippen MR) is 157 cm³/mol. The van der Waals surface area contributed by atoms with E-state index in [9.17, 15) is 19.2 Å². The van der Waals surface area contributed by atoms with Gasteiger partial charge in [-0.05, 0) is 25.7 Å². The maximum Gasteiger partial charge on any atom is 0.247 e. The van der Waals surface area contributed by atoms with Crippen LogP contribution >= 0.6 is 0 Å². The number of amides is 2. The molecule has 0 saturated carbocycles. The zero-order valence-corrected chi connectivity index (χ0v) is 25.2. The summed E-state index contributed by atoms with van der Waals surface area (Å²) in [6.45, 7) is 4.60. The smallest absolute Gasteiger partial charge is 0.247 e. The Hall–Kier alpha value is -2.10. The molecule has 9 nitrogen and oxygen atoms in total. The average Bonchev–Trinajstić information content (AvgIpc) is 3.38. The molecule has 2 unspecified atom stereocenters. The number of nitrogens with one attached hydrogen (secondary N) is 2. The highest BCUT2D eigenvalue weighted by molar-refractivity contribution is 5.87. The van der Waals surface area contributed by atoms with Gasteiger partial charge in [-0.15, -0.1) is 0 Å². The van der Waals surface area contributed by atoms with Crippen LogP contribution in [-0.2, 0) is 28.7 Å². The molecule has 0 aromatic rings. The quantitative estimate of drug-likeness (QED) is 0.104. The number of aliphatic hydroxyl groups excluding tert-OH is 1. The van der Waals surface area contributed by atoms with Crippen molar-refractivity contribution in [2.24, 2.45) is 0 Å². The first-order chi connectivity index (χ1) is 19.0. The Kier molecular flexibility index (Phi) is 40.4. The van der Waals surface area contributed by atoms with Crippen molar-refractivity contribution < 1.29 is 33.8 Å². The molecule has 0 aromatic heterocycles. The number of carbonyl (C=O) groups is 4. The standard InChI is InChI=1S/C16H32O2.C9H12N2O4.C3H8.C2H6O/c17-15-13-11-9-7-5-3-1-2-4-6-8-10-12-14-16-18;12-5-7-1-2-9(15-7)11-8(14)3-4-10-6-13;2*1-3-2/h15,18H,1-14,16H2;3-7,9H,1-2H2,(H,10,13)(H,11,14);3H2,1-2H3;1-2H3/b;4-3-;;. The number of aldehydes is 2. The fourth-order valence-electron chi connectivity index (χ4n) is 3.52. The van der Waals surface area contributed by atoms with E-state index in [2.05, 4.69) is 29.2 Å². The molecule has 39 heavy (non-hydrogen) atoms. The maximum atomic E-state index is 11.1. The van der Waals surface area contributed by atoms with Crippen LogP contribution in [0.15, 0.2) is 12.3 Å². The van der Waals surface area contributed by atoms with Gasteiger partial charge in [-0.1, -0.05) is 90.9 Å².